The quantitative estimate of drug-likeness (QED) is 0.299. The predicted octanol–water partition coefficient (Wildman–Crippen LogP) is 1.77. The second kappa shape index (κ2) is 4.43. The molecule has 0 radical (unpaired) electrons. The van der Waals surface area contributed by atoms with Crippen LogP contribution in [0, 0.1) is 0 Å². The highest BCUT2D eigenvalue weighted by atomic mass is 16.5. The number of rotatable bonds is 3. The molecular formula is C8H10BN3O. The van der Waals surface area contributed by atoms with E-state index in [9.17, 15) is 0 Å². The minimum absolute atomic E-state index is 0.546. The van der Waals surface area contributed by atoms with Crippen LogP contribution in [0.2, 0.25) is 0 Å². The number of nitrogens with zero attached hydrogens (tertiary/aromatic N) is 3. The first-order valence-corrected chi connectivity index (χ1v) is 4.03. The molecule has 0 fully saturated rings. The van der Waals surface area contributed by atoms with Crippen LogP contribution in [0.5, 0.6) is 5.75 Å². The van der Waals surface area contributed by atoms with Crippen LogP contribution in [-0.2, 0) is 6.32 Å². The van der Waals surface area contributed by atoms with Crippen molar-refractivity contribution in [3.63, 3.8) is 0 Å². The Kier molecular flexibility index (Phi) is 3.23. The summed E-state index contributed by atoms with van der Waals surface area (Å²) in [6.07, 6.45) is 0.915. The molecule has 13 heavy (non-hydrogen) atoms. The molecule has 0 aliphatic heterocycles. The van der Waals surface area contributed by atoms with E-state index in [1.807, 2.05) is 26.0 Å². The molecular weight excluding hydrogens is 165 g/mol. The Morgan fingerprint density at radius 2 is 2.38 bits per heavy atom. The molecule has 0 heterocycles. The lowest BCUT2D eigenvalue weighted by Crippen LogP contribution is -1.86. The van der Waals surface area contributed by atoms with Gasteiger partial charge in [0.25, 0.3) is 0 Å². The van der Waals surface area contributed by atoms with E-state index in [2.05, 4.69) is 10.0 Å². The number of hydrogen-bond acceptors (Lipinski definition) is 2. The summed E-state index contributed by atoms with van der Waals surface area (Å²) in [6, 6.07) is 5.59. The van der Waals surface area contributed by atoms with E-state index in [1.54, 1.807) is 7.11 Å². The highest BCUT2D eigenvalue weighted by Crippen LogP contribution is 2.28. The molecule has 1 aromatic carbocycles. The molecule has 0 aliphatic rings. The molecule has 0 aliphatic carbocycles. The largest absolute Gasteiger partial charge is 0.496 e. The topological polar surface area (TPSA) is 58.0 Å². The van der Waals surface area contributed by atoms with Crippen molar-refractivity contribution in [1.82, 2.24) is 0 Å². The van der Waals surface area contributed by atoms with Gasteiger partial charge in [-0.15, -0.1) is 0 Å². The van der Waals surface area contributed by atoms with Crippen LogP contribution < -0.4 is 4.74 Å². The Balaban J connectivity index is 3.17. The van der Waals surface area contributed by atoms with E-state index in [0.29, 0.717) is 11.4 Å². The summed E-state index contributed by atoms with van der Waals surface area (Å²) in [7, 11) is 3.60. The minimum atomic E-state index is 0.546. The van der Waals surface area contributed by atoms with Gasteiger partial charge in [-0.3, -0.25) is 0 Å². The van der Waals surface area contributed by atoms with Crippen LogP contribution in [0.1, 0.15) is 5.56 Å². The van der Waals surface area contributed by atoms with Gasteiger partial charge in [-0.05, 0) is 17.7 Å². The van der Waals surface area contributed by atoms with E-state index in [0.717, 1.165) is 11.9 Å². The fraction of sp³-hybridized carbons (Fsp3) is 0.250. The van der Waals surface area contributed by atoms with Gasteiger partial charge in [0.2, 0.25) is 0 Å². The highest BCUT2D eigenvalue weighted by Gasteiger charge is 2.00. The molecule has 4 nitrogen and oxygen atoms in total. The van der Waals surface area contributed by atoms with Gasteiger partial charge in [-0.2, -0.15) is 0 Å². The molecule has 1 rings (SSSR count). The number of azide groups is 1. The van der Waals surface area contributed by atoms with Gasteiger partial charge in [-0.1, -0.05) is 23.1 Å². The Morgan fingerprint density at radius 1 is 1.62 bits per heavy atom. The summed E-state index contributed by atoms with van der Waals surface area (Å²) >= 11 is 0. The zero-order chi connectivity index (χ0) is 9.68. The van der Waals surface area contributed by atoms with Crippen molar-refractivity contribution in [3.05, 3.63) is 34.2 Å². The third-order valence-electron chi connectivity index (χ3n) is 1.80. The second-order valence-electron chi connectivity index (χ2n) is 2.55. The molecule has 0 atom stereocenters. The molecule has 0 amide bonds. The summed E-state index contributed by atoms with van der Waals surface area (Å²) in [5.41, 5.74) is 9.98. The van der Waals surface area contributed by atoms with Crippen molar-refractivity contribution in [2.45, 2.75) is 6.32 Å². The molecule has 0 saturated carbocycles. The lowest BCUT2D eigenvalue weighted by atomic mass is 9.96. The first kappa shape index (κ1) is 9.48. The van der Waals surface area contributed by atoms with Gasteiger partial charge in [0.15, 0.2) is 0 Å². The van der Waals surface area contributed by atoms with E-state index in [4.69, 9.17) is 10.3 Å². The maximum atomic E-state index is 8.31. The van der Waals surface area contributed by atoms with Crippen molar-refractivity contribution >= 4 is 13.5 Å². The molecule has 5 heteroatoms. The Labute approximate surface area is 77.6 Å². The summed E-state index contributed by atoms with van der Waals surface area (Å²) in [5.74, 6) is 0.606. The van der Waals surface area contributed by atoms with Gasteiger partial charge < -0.3 is 4.74 Å². The SMILES string of the molecule is BCc1ccc(OC)c(N=[N+]=[N-])c1. The fourth-order valence-electron chi connectivity index (χ4n) is 1.08. The van der Waals surface area contributed by atoms with Crippen molar-refractivity contribution in [3.8, 4) is 5.75 Å². The van der Waals surface area contributed by atoms with Crippen LogP contribution in [0.3, 0.4) is 0 Å². The summed E-state index contributed by atoms with van der Waals surface area (Å²) in [4.78, 5) is 2.73. The van der Waals surface area contributed by atoms with Gasteiger partial charge in [0.05, 0.1) is 12.8 Å². The van der Waals surface area contributed by atoms with Crippen LogP contribution in [0.25, 0.3) is 10.4 Å². The standard InChI is InChI=1S/C8H10BN3O/c1-13-8-3-2-6(5-9)4-7(8)11-12-10/h2-4H,5,9H2,1H3. The molecule has 0 N–H and O–H groups in total. The smallest absolute Gasteiger partial charge is 0.128 e. The summed E-state index contributed by atoms with van der Waals surface area (Å²) < 4.78 is 5.03. The third-order valence-corrected chi connectivity index (χ3v) is 1.80. The zero-order valence-corrected chi connectivity index (χ0v) is 7.69. The number of benzene rings is 1. The highest BCUT2D eigenvalue weighted by molar-refractivity contribution is 6.08. The molecule has 66 valence electrons. The average molecular weight is 175 g/mol. The molecule has 1 aromatic rings. The summed E-state index contributed by atoms with van der Waals surface area (Å²) in [5, 5.41) is 3.54. The molecule has 0 bridgehead atoms. The first-order chi connectivity index (χ1) is 6.31. The second-order valence-corrected chi connectivity index (χ2v) is 2.55. The predicted molar refractivity (Wildman–Crippen MR) is 54.0 cm³/mol. The third kappa shape index (κ3) is 2.17. The van der Waals surface area contributed by atoms with Crippen molar-refractivity contribution in [2.24, 2.45) is 5.11 Å². The monoisotopic (exact) mass is 175 g/mol. The Morgan fingerprint density at radius 3 is 2.92 bits per heavy atom. The normalized spacial score (nSPS) is 9.00. The number of ether oxygens (including phenoxy) is 1. The Hall–Kier alpha value is -1.61. The lowest BCUT2D eigenvalue weighted by Gasteiger charge is -2.04. The van der Waals surface area contributed by atoms with E-state index >= 15 is 0 Å². The molecule has 0 spiro atoms. The van der Waals surface area contributed by atoms with Crippen LogP contribution in [0.15, 0.2) is 23.3 Å². The fourth-order valence-corrected chi connectivity index (χ4v) is 1.08. The molecule has 0 unspecified atom stereocenters. The molecule has 0 aromatic heterocycles. The van der Waals surface area contributed by atoms with Crippen LogP contribution >= 0.6 is 0 Å². The number of methoxy groups -OCH3 is 1. The van der Waals surface area contributed by atoms with Gasteiger partial charge in [0.1, 0.15) is 13.6 Å². The summed E-state index contributed by atoms with van der Waals surface area (Å²) in [6.45, 7) is 0. The van der Waals surface area contributed by atoms with Crippen molar-refractivity contribution in [1.29, 1.82) is 0 Å². The first-order valence-electron chi connectivity index (χ1n) is 4.03. The van der Waals surface area contributed by atoms with E-state index in [1.165, 1.54) is 0 Å². The number of hydrogen-bond donors (Lipinski definition) is 0. The van der Waals surface area contributed by atoms with Crippen molar-refractivity contribution < 1.29 is 4.74 Å². The Bertz CT molecular complexity index is 347. The van der Waals surface area contributed by atoms with Gasteiger partial charge >= 0.3 is 0 Å². The maximum Gasteiger partial charge on any atom is 0.128 e. The van der Waals surface area contributed by atoms with Gasteiger partial charge in [0, 0.05) is 4.91 Å². The van der Waals surface area contributed by atoms with Crippen LogP contribution in [-0.4, -0.2) is 15.0 Å². The zero-order valence-electron chi connectivity index (χ0n) is 7.69. The average Bonchev–Trinajstić information content (AvgIpc) is 2.18. The minimum Gasteiger partial charge on any atom is -0.496 e. The van der Waals surface area contributed by atoms with Crippen LogP contribution in [0.4, 0.5) is 5.69 Å². The van der Waals surface area contributed by atoms with Gasteiger partial charge in [-0.25, -0.2) is 0 Å². The van der Waals surface area contributed by atoms with E-state index in [-0.39, 0.29) is 0 Å². The van der Waals surface area contributed by atoms with Crippen molar-refractivity contribution in [2.75, 3.05) is 7.11 Å². The van der Waals surface area contributed by atoms with E-state index < -0.39 is 0 Å². The lowest BCUT2D eigenvalue weighted by molar-refractivity contribution is 0.416. The maximum absolute atomic E-state index is 8.31. The molecule has 0 saturated heterocycles.